The predicted octanol–water partition coefficient (Wildman–Crippen LogP) is 2.58. The van der Waals surface area contributed by atoms with Gasteiger partial charge < -0.3 is 14.8 Å². The molecule has 0 saturated heterocycles. The van der Waals surface area contributed by atoms with Crippen LogP contribution in [0.25, 0.3) is 0 Å². The van der Waals surface area contributed by atoms with Crippen molar-refractivity contribution < 1.29 is 14.3 Å². The molecule has 1 rings (SSSR count). The average Bonchev–Trinajstić information content (AvgIpc) is 2.45. The number of ether oxygens (including phenoxy) is 2. The zero-order chi connectivity index (χ0) is 14.8. The number of thioether (sulfide) groups is 1. The van der Waals surface area contributed by atoms with Crippen LogP contribution in [0.3, 0.4) is 0 Å². The van der Waals surface area contributed by atoms with Crippen LogP contribution in [0.4, 0.5) is 0 Å². The Hall–Kier alpha value is -1.36. The first-order valence-electron chi connectivity index (χ1n) is 6.73. The molecule has 0 atom stereocenters. The third kappa shape index (κ3) is 7.28. The quantitative estimate of drug-likeness (QED) is 0.712. The SMILES string of the molecule is COc1ccc(OCCSCC(=O)NCC(C)C)cc1. The summed E-state index contributed by atoms with van der Waals surface area (Å²) in [6.45, 7) is 5.49. The van der Waals surface area contributed by atoms with Gasteiger partial charge in [0.1, 0.15) is 11.5 Å². The smallest absolute Gasteiger partial charge is 0.230 e. The van der Waals surface area contributed by atoms with E-state index in [0.29, 0.717) is 18.3 Å². The third-order valence-corrected chi connectivity index (χ3v) is 3.42. The summed E-state index contributed by atoms with van der Waals surface area (Å²) in [7, 11) is 1.64. The van der Waals surface area contributed by atoms with Crippen molar-refractivity contribution in [1.29, 1.82) is 0 Å². The number of methoxy groups -OCH3 is 1. The highest BCUT2D eigenvalue weighted by atomic mass is 32.2. The van der Waals surface area contributed by atoms with Crippen LogP contribution in [-0.4, -0.2) is 37.7 Å². The molecule has 0 saturated carbocycles. The lowest BCUT2D eigenvalue weighted by molar-refractivity contribution is -0.118. The minimum Gasteiger partial charge on any atom is -0.497 e. The fourth-order valence-corrected chi connectivity index (χ4v) is 2.06. The van der Waals surface area contributed by atoms with E-state index in [-0.39, 0.29) is 5.91 Å². The number of carbonyl (C=O) groups is 1. The second kappa shape index (κ2) is 9.53. The van der Waals surface area contributed by atoms with E-state index in [1.807, 2.05) is 24.3 Å². The molecular formula is C15H23NO3S. The first kappa shape index (κ1) is 16.7. The Morgan fingerprint density at radius 1 is 1.25 bits per heavy atom. The van der Waals surface area contributed by atoms with Crippen molar-refractivity contribution in [2.24, 2.45) is 5.92 Å². The normalized spacial score (nSPS) is 10.4. The number of amides is 1. The maximum Gasteiger partial charge on any atom is 0.230 e. The van der Waals surface area contributed by atoms with Crippen LogP contribution in [0.5, 0.6) is 11.5 Å². The van der Waals surface area contributed by atoms with Crippen LogP contribution in [0.2, 0.25) is 0 Å². The second-order valence-corrected chi connectivity index (χ2v) is 5.88. The fourth-order valence-electron chi connectivity index (χ4n) is 1.42. The molecule has 0 aliphatic rings. The lowest BCUT2D eigenvalue weighted by Crippen LogP contribution is -2.29. The van der Waals surface area contributed by atoms with Gasteiger partial charge >= 0.3 is 0 Å². The molecule has 0 heterocycles. The van der Waals surface area contributed by atoms with Crippen molar-refractivity contribution in [1.82, 2.24) is 5.32 Å². The van der Waals surface area contributed by atoms with E-state index in [2.05, 4.69) is 19.2 Å². The fraction of sp³-hybridized carbons (Fsp3) is 0.533. The van der Waals surface area contributed by atoms with Crippen molar-refractivity contribution in [3.63, 3.8) is 0 Å². The van der Waals surface area contributed by atoms with Crippen molar-refractivity contribution >= 4 is 17.7 Å². The molecule has 0 aromatic heterocycles. The molecule has 0 spiro atoms. The summed E-state index contributed by atoms with van der Waals surface area (Å²) in [5.41, 5.74) is 0. The summed E-state index contributed by atoms with van der Waals surface area (Å²) < 4.78 is 10.7. The summed E-state index contributed by atoms with van der Waals surface area (Å²) in [6, 6.07) is 7.47. The molecule has 0 aliphatic carbocycles. The molecule has 0 bridgehead atoms. The van der Waals surface area contributed by atoms with Gasteiger partial charge in [-0.25, -0.2) is 0 Å². The molecule has 0 aliphatic heterocycles. The first-order valence-corrected chi connectivity index (χ1v) is 7.88. The highest BCUT2D eigenvalue weighted by Crippen LogP contribution is 2.17. The van der Waals surface area contributed by atoms with Crippen molar-refractivity contribution in [2.45, 2.75) is 13.8 Å². The van der Waals surface area contributed by atoms with Gasteiger partial charge in [-0.15, -0.1) is 11.8 Å². The average molecular weight is 297 g/mol. The van der Waals surface area contributed by atoms with E-state index in [1.54, 1.807) is 18.9 Å². The van der Waals surface area contributed by atoms with Gasteiger partial charge in [-0.1, -0.05) is 13.8 Å². The first-order chi connectivity index (χ1) is 9.61. The van der Waals surface area contributed by atoms with Gasteiger partial charge in [0.25, 0.3) is 0 Å². The van der Waals surface area contributed by atoms with E-state index in [0.717, 1.165) is 23.8 Å². The van der Waals surface area contributed by atoms with Gasteiger partial charge in [0.15, 0.2) is 0 Å². The molecule has 112 valence electrons. The van der Waals surface area contributed by atoms with E-state index < -0.39 is 0 Å². The molecule has 0 fully saturated rings. The molecule has 4 nitrogen and oxygen atoms in total. The summed E-state index contributed by atoms with van der Waals surface area (Å²) in [5.74, 6) is 3.49. The minimum atomic E-state index is 0.0909. The van der Waals surface area contributed by atoms with E-state index >= 15 is 0 Å². The molecule has 1 aromatic carbocycles. The molecule has 20 heavy (non-hydrogen) atoms. The monoisotopic (exact) mass is 297 g/mol. The third-order valence-electron chi connectivity index (χ3n) is 2.50. The van der Waals surface area contributed by atoms with Gasteiger partial charge in [-0.2, -0.15) is 0 Å². The van der Waals surface area contributed by atoms with Crippen molar-refractivity contribution in [3.05, 3.63) is 24.3 Å². The topological polar surface area (TPSA) is 47.6 Å². The Bertz CT molecular complexity index is 393. The van der Waals surface area contributed by atoms with Crippen molar-refractivity contribution in [2.75, 3.05) is 31.8 Å². The van der Waals surface area contributed by atoms with Crippen LogP contribution in [-0.2, 0) is 4.79 Å². The van der Waals surface area contributed by atoms with Gasteiger partial charge in [0, 0.05) is 12.3 Å². The van der Waals surface area contributed by atoms with Gasteiger partial charge in [-0.3, -0.25) is 4.79 Å². The Morgan fingerprint density at radius 2 is 1.90 bits per heavy atom. The summed E-state index contributed by atoms with van der Waals surface area (Å²) in [6.07, 6.45) is 0. The lowest BCUT2D eigenvalue weighted by Gasteiger charge is -2.08. The zero-order valence-electron chi connectivity index (χ0n) is 12.3. The van der Waals surface area contributed by atoms with Gasteiger partial charge in [-0.05, 0) is 30.2 Å². The van der Waals surface area contributed by atoms with Crippen molar-refractivity contribution in [3.8, 4) is 11.5 Å². The molecule has 0 unspecified atom stereocenters. The molecule has 1 aromatic rings. The Labute approximate surface area is 125 Å². The number of benzene rings is 1. The summed E-state index contributed by atoms with van der Waals surface area (Å²) in [4.78, 5) is 11.5. The lowest BCUT2D eigenvalue weighted by atomic mass is 10.2. The van der Waals surface area contributed by atoms with Crippen LogP contribution < -0.4 is 14.8 Å². The minimum absolute atomic E-state index is 0.0909. The number of hydrogen-bond acceptors (Lipinski definition) is 4. The predicted molar refractivity (Wildman–Crippen MR) is 83.7 cm³/mol. The highest BCUT2D eigenvalue weighted by molar-refractivity contribution is 7.99. The van der Waals surface area contributed by atoms with Crippen LogP contribution in [0.1, 0.15) is 13.8 Å². The van der Waals surface area contributed by atoms with E-state index in [1.165, 1.54) is 0 Å². The number of hydrogen-bond donors (Lipinski definition) is 1. The Morgan fingerprint density at radius 3 is 2.50 bits per heavy atom. The molecule has 1 amide bonds. The largest absolute Gasteiger partial charge is 0.497 e. The Balaban J connectivity index is 2.08. The molecule has 1 N–H and O–H groups in total. The summed E-state index contributed by atoms with van der Waals surface area (Å²) >= 11 is 1.58. The zero-order valence-corrected chi connectivity index (χ0v) is 13.2. The summed E-state index contributed by atoms with van der Waals surface area (Å²) in [5, 5.41) is 2.89. The number of rotatable bonds is 9. The standard InChI is InChI=1S/C15H23NO3S/c1-12(2)10-16-15(17)11-20-9-8-19-14-6-4-13(18-3)5-7-14/h4-7,12H,8-11H2,1-3H3,(H,16,17). The van der Waals surface area contributed by atoms with Gasteiger partial charge in [0.2, 0.25) is 5.91 Å². The maximum atomic E-state index is 11.5. The van der Waals surface area contributed by atoms with Gasteiger partial charge in [0.05, 0.1) is 19.5 Å². The van der Waals surface area contributed by atoms with Crippen LogP contribution in [0.15, 0.2) is 24.3 Å². The van der Waals surface area contributed by atoms with Crippen LogP contribution >= 0.6 is 11.8 Å². The molecular weight excluding hydrogens is 274 g/mol. The van der Waals surface area contributed by atoms with Crippen LogP contribution in [0, 0.1) is 5.92 Å². The maximum absolute atomic E-state index is 11.5. The Kier molecular flexibility index (Phi) is 7.95. The van der Waals surface area contributed by atoms with E-state index in [4.69, 9.17) is 9.47 Å². The molecule has 5 heteroatoms. The highest BCUT2D eigenvalue weighted by Gasteiger charge is 2.02. The second-order valence-electron chi connectivity index (χ2n) is 4.77. The van der Waals surface area contributed by atoms with E-state index in [9.17, 15) is 4.79 Å². The molecule has 0 radical (unpaired) electrons. The number of carbonyl (C=O) groups excluding carboxylic acids is 1. The number of nitrogens with one attached hydrogen (secondary N) is 1.